The number of ether oxygens (including phenoxy) is 1. The second kappa shape index (κ2) is 7.72. The SMILES string of the molecule is COC(C)C(=O)Nc1ccc(F)c(C2CN(C)SC(C)(C)C(N)=N2)c1. The van der Waals surface area contributed by atoms with Gasteiger partial charge in [0, 0.05) is 24.9 Å². The lowest BCUT2D eigenvalue weighted by molar-refractivity contribution is -0.124. The number of benzene rings is 1. The number of rotatable bonds is 4. The van der Waals surface area contributed by atoms with Crippen LogP contribution in [0.15, 0.2) is 23.2 Å². The largest absolute Gasteiger partial charge is 0.386 e. The maximum atomic E-state index is 14.4. The van der Waals surface area contributed by atoms with Crippen LogP contribution in [0.1, 0.15) is 32.4 Å². The number of carbonyl (C=O) groups excluding carboxylic acids is 1. The Balaban J connectivity index is 2.33. The lowest BCUT2D eigenvalue weighted by atomic mass is 10.0. The van der Waals surface area contributed by atoms with Gasteiger partial charge in [0.1, 0.15) is 17.8 Å². The smallest absolute Gasteiger partial charge is 0.253 e. The van der Waals surface area contributed by atoms with Gasteiger partial charge in [-0.15, -0.1) is 0 Å². The Bertz CT molecular complexity index is 681. The number of amides is 1. The van der Waals surface area contributed by atoms with E-state index in [1.54, 1.807) is 24.9 Å². The van der Waals surface area contributed by atoms with Crippen molar-refractivity contribution in [2.24, 2.45) is 10.7 Å². The molecule has 6 nitrogen and oxygen atoms in total. The van der Waals surface area contributed by atoms with Gasteiger partial charge >= 0.3 is 0 Å². The van der Waals surface area contributed by atoms with E-state index in [1.807, 2.05) is 25.2 Å². The molecule has 1 aliphatic rings. The van der Waals surface area contributed by atoms with Crippen molar-refractivity contribution in [2.45, 2.75) is 37.7 Å². The van der Waals surface area contributed by atoms with E-state index in [9.17, 15) is 9.18 Å². The van der Waals surface area contributed by atoms with Crippen LogP contribution in [-0.2, 0) is 9.53 Å². The molecule has 0 aromatic heterocycles. The normalized spacial score (nSPS) is 22.0. The summed E-state index contributed by atoms with van der Waals surface area (Å²) in [6.07, 6.45) is -0.594. The van der Waals surface area contributed by atoms with Crippen molar-refractivity contribution in [3.63, 3.8) is 0 Å². The molecule has 0 fully saturated rings. The zero-order chi connectivity index (χ0) is 18.8. The predicted octanol–water partition coefficient (Wildman–Crippen LogP) is 2.57. The van der Waals surface area contributed by atoms with Gasteiger partial charge in [-0.2, -0.15) is 0 Å². The Morgan fingerprint density at radius 3 is 2.88 bits per heavy atom. The summed E-state index contributed by atoms with van der Waals surface area (Å²) in [5, 5.41) is 2.72. The van der Waals surface area contributed by atoms with E-state index in [0.29, 0.717) is 23.6 Å². The minimum Gasteiger partial charge on any atom is -0.386 e. The molecule has 8 heteroatoms. The summed E-state index contributed by atoms with van der Waals surface area (Å²) in [5.74, 6) is -0.205. The molecule has 1 aromatic carbocycles. The number of nitrogens with two attached hydrogens (primary N) is 1. The number of halogens is 1. The van der Waals surface area contributed by atoms with Crippen molar-refractivity contribution in [1.82, 2.24) is 4.31 Å². The standard InChI is InChI=1S/C17H25FN4O2S/c1-10(24-5)15(23)20-11-6-7-13(18)12(8-11)14-9-22(4)25-17(2,3)16(19)21-14/h6-8,10,14H,9H2,1-5H3,(H2,19,21)(H,20,23). The highest BCUT2D eigenvalue weighted by atomic mass is 32.2. The van der Waals surface area contributed by atoms with Crippen molar-refractivity contribution < 1.29 is 13.9 Å². The molecule has 0 radical (unpaired) electrons. The van der Waals surface area contributed by atoms with Gasteiger partial charge < -0.3 is 15.8 Å². The molecule has 2 rings (SSSR count). The van der Waals surface area contributed by atoms with E-state index in [-0.39, 0.29) is 16.5 Å². The highest BCUT2D eigenvalue weighted by Gasteiger charge is 2.32. The molecule has 0 bridgehead atoms. The topological polar surface area (TPSA) is 80.0 Å². The van der Waals surface area contributed by atoms with Crippen molar-refractivity contribution in [3.05, 3.63) is 29.6 Å². The lowest BCUT2D eigenvalue weighted by Gasteiger charge is -2.25. The number of hydrogen-bond donors (Lipinski definition) is 2. The van der Waals surface area contributed by atoms with Gasteiger partial charge in [0.2, 0.25) is 0 Å². The van der Waals surface area contributed by atoms with Crippen molar-refractivity contribution >= 4 is 29.4 Å². The van der Waals surface area contributed by atoms with Crippen LogP contribution in [0.5, 0.6) is 0 Å². The third-order valence-corrected chi connectivity index (χ3v) is 5.20. The molecule has 1 amide bonds. The van der Waals surface area contributed by atoms with E-state index in [4.69, 9.17) is 10.5 Å². The number of nitrogens with zero attached hydrogens (tertiary/aromatic N) is 2. The second-order valence-electron chi connectivity index (χ2n) is 6.55. The molecule has 1 heterocycles. The van der Waals surface area contributed by atoms with Gasteiger partial charge in [-0.25, -0.2) is 4.39 Å². The van der Waals surface area contributed by atoms with Gasteiger partial charge in [-0.05, 0) is 46.0 Å². The van der Waals surface area contributed by atoms with Crippen LogP contribution in [0.2, 0.25) is 0 Å². The number of hydrogen-bond acceptors (Lipinski definition) is 6. The maximum Gasteiger partial charge on any atom is 0.253 e. The monoisotopic (exact) mass is 368 g/mol. The molecule has 138 valence electrons. The van der Waals surface area contributed by atoms with Gasteiger partial charge in [0.05, 0.1) is 10.8 Å². The molecule has 1 aliphatic heterocycles. The van der Waals surface area contributed by atoms with E-state index >= 15 is 0 Å². The lowest BCUT2D eigenvalue weighted by Crippen LogP contribution is -2.36. The van der Waals surface area contributed by atoms with Crippen molar-refractivity contribution in [3.8, 4) is 0 Å². The maximum absolute atomic E-state index is 14.4. The Morgan fingerprint density at radius 2 is 2.24 bits per heavy atom. The highest BCUT2D eigenvalue weighted by Crippen LogP contribution is 2.35. The van der Waals surface area contributed by atoms with Crippen LogP contribution in [0, 0.1) is 5.82 Å². The predicted molar refractivity (Wildman–Crippen MR) is 100 cm³/mol. The summed E-state index contributed by atoms with van der Waals surface area (Å²) in [5.41, 5.74) is 7.02. The minimum atomic E-state index is -0.594. The van der Waals surface area contributed by atoms with E-state index in [1.165, 1.54) is 19.2 Å². The zero-order valence-corrected chi connectivity index (χ0v) is 16.0. The van der Waals surface area contributed by atoms with Gasteiger partial charge in [0.25, 0.3) is 5.91 Å². The van der Waals surface area contributed by atoms with E-state index in [0.717, 1.165) is 0 Å². The second-order valence-corrected chi connectivity index (χ2v) is 8.37. The first-order chi connectivity index (χ1) is 11.6. The van der Waals surface area contributed by atoms with Crippen LogP contribution in [0.3, 0.4) is 0 Å². The Labute approximate surface area is 152 Å². The van der Waals surface area contributed by atoms with Crippen molar-refractivity contribution in [1.29, 1.82) is 0 Å². The molecule has 0 saturated heterocycles. The van der Waals surface area contributed by atoms with Gasteiger partial charge in [-0.1, -0.05) is 11.9 Å². The number of aliphatic imine (C=N–C) groups is 1. The summed E-state index contributed by atoms with van der Waals surface area (Å²) < 4.78 is 21.1. The first-order valence-electron chi connectivity index (χ1n) is 8.01. The summed E-state index contributed by atoms with van der Waals surface area (Å²) in [6.45, 7) is 6.12. The van der Waals surface area contributed by atoms with Crippen LogP contribution >= 0.6 is 11.9 Å². The fourth-order valence-electron chi connectivity index (χ4n) is 2.48. The molecule has 3 N–H and O–H groups in total. The highest BCUT2D eigenvalue weighted by molar-refractivity contribution is 7.99. The first-order valence-corrected chi connectivity index (χ1v) is 8.78. The first kappa shape index (κ1) is 19.7. The van der Waals surface area contributed by atoms with Gasteiger partial charge in [-0.3, -0.25) is 14.1 Å². The van der Waals surface area contributed by atoms with Gasteiger partial charge in [0.15, 0.2) is 0 Å². The average Bonchev–Trinajstić information content (AvgIpc) is 2.63. The van der Waals surface area contributed by atoms with E-state index < -0.39 is 12.1 Å². The number of carbonyl (C=O) groups is 1. The molecule has 25 heavy (non-hydrogen) atoms. The average molecular weight is 368 g/mol. The number of methoxy groups -OCH3 is 1. The van der Waals surface area contributed by atoms with Crippen molar-refractivity contribution in [2.75, 3.05) is 26.0 Å². The summed E-state index contributed by atoms with van der Waals surface area (Å²) in [7, 11) is 3.38. The summed E-state index contributed by atoms with van der Waals surface area (Å²) in [4.78, 5) is 16.5. The quantitative estimate of drug-likeness (QED) is 0.799. The molecule has 0 saturated carbocycles. The number of anilines is 1. The summed E-state index contributed by atoms with van der Waals surface area (Å²) >= 11 is 1.57. The summed E-state index contributed by atoms with van der Waals surface area (Å²) in [6, 6.07) is 4.01. The fourth-order valence-corrected chi connectivity index (χ4v) is 3.62. The van der Waals surface area contributed by atoms with Crippen LogP contribution in [0.4, 0.5) is 10.1 Å². The fraction of sp³-hybridized carbons (Fsp3) is 0.529. The molecule has 1 aromatic rings. The number of nitrogens with one attached hydrogen (secondary N) is 1. The molecule has 0 aliphatic carbocycles. The van der Waals surface area contributed by atoms with Crippen LogP contribution in [0.25, 0.3) is 0 Å². The Morgan fingerprint density at radius 1 is 1.56 bits per heavy atom. The molecule has 2 unspecified atom stereocenters. The number of likely N-dealkylation sites (N-methyl/N-ethyl adjacent to an activating group) is 1. The molecular weight excluding hydrogens is 343 g/mol. The third-order valence-electron chi connectivity index (χ3n) is 4.07. The van der Waals surface area contributed by atoms with Crippen LogP contribution < -0.4 is 11.1 Å². The molecule has 2 atom stereocenters. The molecular formula is C17H25FN4O2S. The zero-order valence-electron chi connectivity index (χ0n) is 15.2. The number of amidine groups is 1. The van der Waals surface area contributed by atoms with E-state index in [2.05, 4.69) is 10.3 Å². The minimum absolute atomic E-state index is 0.294. The Kier molecular flexibility index (Phi) is 6.08. The third kappa shape index (κ3) is 4.71. The molecule has 0 spiro atoms. The van der Waals surface area contributed by atoms with Crippen LogP contribution in [-0.4, -0.2) is 47.6 Å². The Hall–Kier alpha value is -1.64.